The molecule has 2 aromatic rings. The molecule has 0 saturated heterocycles. The fourth-order valence-corrected chi connectivity index (χ4v) is 3.45. The molecule has 0 radical (unpaired) electrons. The largest absolute Gasteiger partial charge is 0.141 e. The van der Waals surface area contributed by atoms with Gasteiger partial charge < -0.3 is 0 Å². The highest BCUT2D eigenvalue weighted by molar-refractivity contribution is 14.1. The van der Waals surface area contributed by atoms with Crippen molar-refractivity contribution in [2.45, 2.75) is 0 Å². The molecule has 0 aliphatic rings. The SMILES string of the molecule is Brc1csc2c(I)cccc12. The first kappa shape index (κ1) is 8.01. The molecule has 0 aliphatic carbocycles. The first-order valence-corrected chi connectivity index (χ1v) is 5.85. The third-order valence-electron chi connectivity index (χ3n) is 1.50. The predicted octanol–water partition coefficient (Wildman–Crippen LogP) is 4.27. The fraction of sp³-hybridized carbons (Fsp3) is 0. The van der Waals surface area contributed by atoms with E-state index in [9.17, 15) is 0 Å². The van der Waals surface area contributed by atoms with E-state index in [0.29, 0.717) is 0 Å². The van der Waals surface area contributed by atoms with Crippen LogP contribution >= 0.6 is 49.9 Å². The first-order chi connectivity index (χ1) is 5.29. The summed E-state index contributed by atoms with van der Waals surface area (Å²) in [4.78, 5) is 0. The van der Waals surface area contributed by atoms with E-state index in [-0.39, 0.29) is 0 Å². The summed E-state index contributed by atoms with van der Waals surface area (Å²) in [7, 11) is 0. The van der Waals surface area contributed by atoms with Gasteiger partial charge in [0.15, 0.2) is 0 Å². The van der Waals surface area contributed by atoms with Gasteiger partial charge in [0, 0.05) is 23.5 Å². The molecule has 0 atom stereocenters. The van der Waals surface area contributed by atoms with Gasteiger partial charge in [-0.05, 0) is 44.6 Å². The maximum Gasteiger partial charge on any atom is 0.0487 e. The highest BCUT2D eigenvalue weighted by Crippen LogP contribution is 2.32. The molecule has 56 valence electrons. The van der Waals surface area contributed by atoms with E-state index in [1.807, 2.05) is 0 Å². The first-order valence-electron chi connectivity index (χ1n) is 3.10. The van der Waals surface area contributed by atoms with Crippen molar-refractivity contribution in [1.29, 1.82) is 0 Å². The highest BCUT2D eigenvalue weighted by atomic mass is 127. The Bertz CT molecular complexity index is 394. The van der Waals surface area contributed by atoms with Crippen molar-refractivity contribution in [2.24, 2.45) is 0 Å². The van der Waals surface area contributed by atoms with Gasteiger partial charge in [-0.2, -0.15) is 0 Å². The van der Waals surface area contributed by atoms with Crippen LogP contribution in [0.4, 0.5) is 0 Å². The Kier molecular flexibility index (Phi) is 2.21. The smallest absolute Gasteiger partial charge is 0.0487 e. The molecule has 0 nitrogen and oxygen atoms in total. The van der Waals surface area contributed by atoms with Crippen molar-refractivity contribution in [3.05, 3.63) is 31.6 Å². The summed E-state index contributed by atoms with van der Waals surface area (Å²) < 4.78 is 3.91. The highest BCUT2D eigenvalue weighted by Gasteiger charge is 2.02. The minimum atomic E-state index is 1.20. The molecule has 0 amide bonds. The lowest BCUT2D eigenvalue weighted by Crippen LogP contribution is -1.68. The summed E-state index contributed by atoms with van der Waals surface area (Å²) >= 11 is 7.66. The molecule has 3 heteroatoms. The summed E-state index contributed by atoms with van der Waals surface area (Å²) in [5, 5.41) is 3.45. The van der Waals surface area contributed by atoms with Crippen LogP contribution in [-0.2, 0) is 0 Å². The zero-order valence-corrected chi connectivity index (χ0v) is 10.0. The quantitative estimate of drug-likeness (QED) is 0.629. The number of thiophene rings is 1. The van der Waals surface area contributed by atoms with Crippen molar-refractivity contribution < 1.29 is 0 Å². The van der Waals surface area contributed by atoms with Crippen molar-refractivity contribution in [2.75, 3.05) is 0 Å². The zero-order valence-electron chi connectivity index (χ0n) is 5.47. The topological polar surface area (TPSA) is 0 Å². The number of benzene rings is 1. The van der Waals surface area contributed by atoms with Gasteiger partial charge in [-0.3, -0.25) is 0 Å². The lowest BCUT2D eigenvalue weighted by Gasteiger charge is -1.91. The molecule has 0 N–H and O–H groups in total. The normalized spacial score (nSPS) is 10.7. The summed E-state index contributed by atoms with van der Waals surface area (Å²) in [6, 6.07) is 6.35. The van der Waals surface area contributed by atoms with Crippen molar-refractivity contribution in [3.63, 3.8) is 0 Å². The summed E-state index contributed by atoms with van der Waals surface area (Å²) in [6.45, 7) is 0. The van der Waals surface area contributed by atoms with E-state index < -0.39 is 0 Å². The Labute approximate surface area is 90.9 Å². The Hall–Kier alpha value is 0.390. The molecule has 0 spiro atoms. The van der Waals surface area contributed by atoms with Gasteiger partial charge in [0.1, 0.15) is 0 Å². The number of hydrogen-bond acceptors (Lipinski definition) is 1. The number of fused-ring (bicyclic) bond motifs is 1. The Morgan fingerprint density at radius 1 is 1.36 bits per heavy atom. The van der Waals surface area contributed by atoms with Crippen molar-refractivity contribution >= 4 is 59.9 Å². The number of hydrogen-bond donors (Lipinski definition) is 0. The summed E-state index contributed by atoms with van der Waals surface area (Å²) in [5.41, 5.74) is 0. The predicted molar refractivity (Wildman–Crippen MR) is 62.2 cm³/mol. The lowest BCUT2D eigenvalue weighted by atomic mass is 10.3. The van der Waals surface area contributed by atoms with Crippen LogP contribution in [0.15, 0.2) is 28.1 Å². The minimum Gasteiger partial charge on any atom is -0.141 e. The Balaban J connectivity index is 2.94. The zero-order chi connectivity index (χ0) is 7.84. The van der Waals surface area contributed by atoms with Crippen LogP contribution in [0.25, 0.3) is 10.1 Å². The van der Waals surface area contributed by atoms with Crippen LogP contribution in [0.3, 0.4) is 0 Å². The van der Waals surface area contributed by atoms with Gasteiger partial charge in [0.25, 0.3) is 0 Å². The maximum absolute atomic E-state index is 3.51. The van der Waals surface area contributed by atoms with E-state index in [0.717, 1.165) is 0 Å². The van der Waals surface area contributed by atoms with Gasteiger partial charge in [0.05, 0.1) is 0 Å². The summed E-state index contributed by atoms with van der Waals surface area (Å²) in [5.74, 6) is 0. The molecule has 11 heavy (non-hydrogen) atoms. The van der Waals surface area contributed by atoms with Crippen molar-refractivity contribution in [3.8, 4) is 0 Å². The van der Waals surface area contributed by atoms with Crippen LogP contribution in [0, 0.1) is 3.57 Å². The van der Waals surface area contributed by atoms with Crippen LogP contribution in [0.5, 0.6) is 0 Å². The lowest BCUT2D eigenvalue weighted by molar-refractivity contribution is 1.78. The molecule has 1 aromatic heterocycles. The molecule has 1 heterocycles. The van der Waals surface area contributed by atoms with E-state index in [4.69, 9.17) is 0 Å². The molecule has 2 rings (SSSR count). The van der Waals surface area contributed by atoms with Gasteiger partial charge in [-0.1, -0.05) is 12.1 Å². The van der Waals surface area contributed by atoms with Crippen molar-refractivity contribution in [1.82, 2.24) is 0 Å². The summed E-state index contributed by atoms with van der Waals surface area (Å²) in [6.07, 6.45) is 0. The Morgan fingerprint density at radius 2 is 2.18 bits per heavy atom. The molecule has 0 bridgehead atoms. The van der Waals surface area contributed by atoms with Crippen LogP contribution < -0.4 is 0 Å². The van der Waals surface area contributed by atoms with Gasteiger partial charge >= 0.3 is 0 Å². The molecule has 0 aliphatic heterocycles. The molecular formula is C8H4BrIS. The number of rotatable bonds is 0. The molecular weight excluding hydrogens is 335 g/mol. The minimum absolute atomic E-state index is 1.20. The average Bonchev–Trinajstić information content (AvgIpc) is 2.35. The van der Waals surface area contributed by atoms with Crippen LogP contribution in [0.2, 0.25) is 0 Å². The molecule has 0 unspecified atom stereocenters. The number of halogens is 2. The fourth-order valence-electron chi connectivity index (χ4n) is 0.991. The third kappa shape index (κ3) is 1.34. The monoisotopic (exact) mass is 338 g/mol. The van der Waals surface area contributed by atoms with E-state index in [2.05, 4.69) is 62.1 Å². The van der Waals surface area contributed by atoms with E-state index >= 15 is 0 Å². The molecule has 1 aromatic carbocycles. The second-order valence-electron chi connectivity index (χ2n) is 2.20. The Morgan fingerprint density at radius 3 is 2.91 bits per heavy atom. The van der Waals surface area contributed by atoms with E-state index in [1.165, 1.54) is 18.1 Å². The van der Waals surface area contributed by atoms with Gasteiger partial charge in [-0.15, -0.1) is 11.3 Å². The van der Waals surface area contributed by atoms with Crippen LogP contribution in [0.1, 0.15) is 0 Å². The second-order valence-corrected chi connectivity index (χ2v) is 5.10. The van der Waals surface area contributed by atoms with Gasteiger partial charge in [-0.25, -0.2) is 0 Å². The van der Waals surface area contributed by atoms with Crippen LogP contribution in [-0.4, -0.2) is 0 Å². The second kappa shape index (κ2) is 3.03. The van der Waals surface area contributed by atoms with E-state index in [1.54, 1.807) is 11.3 Å². The maximum atomic E-state index is 3.51. The standard InChI is InChI=1S/C8H4BrIS/c9-6-4-11-8-5(6)2-1-3-7(8)10/h1-4H. The van der Waals surface area contributed by atoms with Gasteiger partial charge in [0.2, 0.25) is 0 Å². The molecule has 0 saturated carbocycles. The average molecular weight is 339 g/mol. The third-order valence-corrected chi connectivity index (χ3v) is 4.76. The molecule has 0 fully saturated rings.